The first-order valence-electron chi connectivity index (χ1n) is 10.7. The van der Waals surface area contributed by atoms with E-state index in [0.717, 1.165) is 16.8 Å². The molecule has 0 bridgehead atoms. The van der Waals surface area contributed by atoms with Gasteiger partial charge in [-0.3, -0.25) is 4.99 Å². The van der Waals surface area contributed by atoms with Gasteiger partial charge in [-0.1, -0.05) is 26.0 Å². The minimum atomic E-state index is -1.00. The normalized spacial score (nSPS) is 14.7. The Kier molecular flexibility index (Phi) is 7.53. The number of aliphatic hydroxyl groups excluding tert-OH is 1. The lowest BCUT2D eigenvalue weighted by atomic mass is 9.96. The molecule has 2 atom stereocenters. The van der Waals surface area contributed by atoms with E-state index in [9.17, 15) is 15.0 Å². The summed E-state index contributed by atoms with van der Waals surface area (Å²) in [5.74, 6) is 0.530. The summed E-state index contributed by atoms with van der Waals surface area (Å²) in [5.41, 5.74) is 3.81. The van der Waals surface area contributed by atoms with E-state index in [1.807, 2.05) is 26.8 Å². The van der Waals surface area contributed by atoms with Crippen LogP contribution in [0.3, 0.4) is 0 Å². The molecule has 0 fully saturated rings. The van der Waals surface area contributed by atoms with Crippen LogP contribution in [0.4, 0.5) is 5.69 Å². The Bertz CT molecular complexity index is 988. The predicted octanol–water partition coefficient (Wildman–Crippen LogP) is 4.50. The van der Waals surface area contributed by atoms with Gasteiger partial charge in [0.05, 0.1) is 31.6 Å². The topological polar surface area (TPSA) is 97.6 Å². The zero-order valence-corrected chi connectivity index (χ0v) is 19.2. The van der Waals surface area contributed by atoms with Crippen molar-refractivity contribution >= 4 is 17.4 Å². The number of carbonyl (C=O) groups is 1. The van der Waals surface area contributed by atoms with Crippen LogP contribution in [0.25, 0.3) is 0 Å². The van der Waals surface area contributed by atoms with Gasteiger partial charge >= 0.3 is 5.97 Å². The molecule has 32 heavy (non-hydrogen) atoms. The van der Waals surface area contributed by atoms with Crippen LogP contribution in [0.2, 0.25) is 0 Å². The summed E-state index contributed by atoms with van der Waals surface area (Å²) >= 11 is 0. The molecule has 2 N–H and O–H groups in total. The molecule has 3 rings (SSSR count). The summed E-state index contributed by atoms with van der Waals surface area (Å²) in [6.45, 7) is 6.46. The maximum atomic E-state index is 11.6. The van der Waals surface area contributed by atoms with E-state index in [2.05, 4.69) is 4.99 Å². The van der Waals surface area contributed by atoms with Crippen LogP contribution >= 0.6 is 0 Å². The fourth-order valence-electron chi connectivity index (χ4n) is 3.88. The molecular formula is C25H31NO6. The van der Waals surface area contributed by atoms with Crippen LogP contribution in [0.5, 0.6) is 11.5 Å². The highest BCUT2D eigenvalue weighted by atomic mass is 16.5. The van der Waals surface area contributed by atoms with Gasteiger partial charge < -0.3 is 24.4 Å². The molecule has 2 aromatic carbocycles. The number of aliphatic hydroxyl groups is 1. The lowest BCUT2D eigenvalue weighted by Crippen LogP contribution is -2.27. The number of hydrogen-bond donors (Lipinski definition) is 2. The first-order chi connectivity index (χ1) is 15.2. The van der Waals surface area contributed by atoms with Gasteiger partial charge in [-0.05, 0) is 42.2 Å². The Morgan fingerprint density at radius 3 is 2.38 bits per heavy atom. The summed E-state index contributed by atoms with van der Waals surface area (Å²) in [4.78, 5) is 16.1. The first kappa shape index (κ1) is 23.8. The minimum absolute atomic E-state index is 0.186. The Balaban J connectivity index is 1.90. The number of methoxy groups -OCH3 is 2. The number of benzene rings is 2. The van der Waals surface area contributed by atoms with Gasteiger partial charge in [0.2, 0.25) is 0 Å². The number of carboxylic acids is 1. The van der Waals surface area contributed by atoms with Gasteiger partial charge in [0.25, 0.3) is 0 Å². The maximum absolute atomic E-state index is 11.6. The van der Waals surface area contributed by atoms with Crippen molar-refractivity contribution < 1.29 is 29.2 Å². The number of aromatic carboxylic acids is 1. The van der Waals surface area contributed by atoms with E-state index >= 15 is 0 Å². The molecule has 0 aliphatic carbocycles. The Morgan fingerprint density at radius 2 is 1.81 bits per heavy atom. The SMILES string of the molecule is COc1cc([C@@H](O)[C@H](CC2=Nc3c(cccc3C(=O)O)C2)OCC(C)C)cc(OC)c1C. The highest BCUT2D eigenvalue weighted by molar-refractivity contribution is 6.01. The third-order valence-corrected chi connectivity index (χ3v) is 5.56. The molecule has 0 radical (unpaired) electrons. The van der Waals surface area contributed by atoms with E-state index in [0.29, 0.717) is 42.2 Å². The summed E-state index contributed by atoms with van der Waals surface area (Å²) in [5, 5.41) is 20.7. The highest BCUT2D eigenvalue weighted by Crippen LogP contribution is 2.36. The van der Waals surface area contributed by atoms with Crippen molar-refractivity contribution in [3.05, 3.63) is 52.6 Å². The van der Waals surface area contributed by atoms with Gasteiger partial charge in [-0.25, -0.2) is 4.79 Å². The van der Waals surface area contributed by atoms with E-state index < -0.39 is 18.2 Å². The van der Waals surface area contributed by atoms with Gasteiger partial charge in [-0.15, -0.1) is 0 Å². The lowest BCUT2D eigenvalue weighted by Gasteiger charge is -2.26. The van der Waals surface area contributed by atoms with Crippen molar-refractivity contribution in [1.82, 2.24) is 0 Å². The van der Waals surface area contributed by atoms with Crippen LogP contribution in [0.1, 0.15) is 53.4 Å². The Morgan fingerprint density at radius 1 is 1.16 bits per heavy atom. The molecule has 7 nitrogen and oxygen atoms in total. The standard InChI is InChI=1S/C25H31NO6/c1-14(2)13-32-22(24(27)17-10-20(30-4)15(3)21(11-17)31-5)12-18-9-16-7-6-8-19(25(28)29)23(16)26-18/h6-8,10-11,14,22,24,27H,9,12-13H2,1-5H3,(H,28,29)/t22-,24+/m0/s1. The third kappa shape index (κ3) is 5.11. The van der Waals surface area contributed by atoms with E-state index in [1.165, 1.54) is 0 Å². The minimum Gasteiger partial charge on any atom is -0.496 e. The second kappa shape index (κ2) is 10.1. The fourth-order valence-corrected chi connectivity index (χ4v) is 3.88. The van der Waals surface area contributed by atoms with Gasteiger partial charge in [-0.2, -0.15) is 0 Å². The number of aliphatic imine (C=N–C) groups is 1. The molecule has 1 aliphatic rings. The number of nitrogens with zero attached hydrogens (tertiary/aromatic N) is 1. The number of carboxylic acid groups (broad SMARTS) is 1. The number of para-hydroxylation sites is 1. The van der Waals surface area contributed by atoms with E-state index in [4.69, 9.17) is 14.2 Å². The van der Waals surface area contributed by atoms with Crippen LogP contribution in [-0.2, 0) is 11.2 Å². The van der Waals surface area contributed by atoms with Crippen LogP contribution in [0.15, 0.2) is 35.3 Å². The Labute approximate surface area is 188 Å². The van der Waals surface area contributed by atoms with Crippen molar-refractivity contribution in [3.8, 4) is 11.5 Å². The zero-order chi connectivity index (χ0) is 23.4. The summed E-state index contributed by atoms with van der Waals surface area (Å²) < 4.78 is 17.0. The van der Waals surface area contributed by atoms with Crippen molar-refractivity contribution in [2.45, 2.75) is 45.8 Å². The van der Waals surface area contributed by atoms with E-state index in [1.54, 1.807) is 38.5 Å². The number of rotatable bonds is 10. The molecule has 2 aromatic rings. The summed E-state index contributed by atoms with van der Waals surface area (Å²) in [7, 11) is 3.16. The quantitative estimate of drug-likeness (QED) is 0.563. The monoisotopic (exact) mass is 441 g/mol. The summed E-state index contributed by atoms with van der Waals surface area (Å²) in [6.07, 6.45) is -0.593. The molecule has 0 unspecified atom stereocenters. The van der Waals surface area contributed by atoms with Gasteiger partial charge in [0, 0.05) is 30.7 Å². The molecule has 0 spiro atoms. The number of ether oxygens (including phenoxy) is 3. The predicted molar refractivity (Wildman–Crippen MR) is 123 cm³/mol. The molecule has 7 heteroatoms. The van der Waals surface area contributed by atoms with E-state index in [-0.39, 0.29) is 11.5 Å². The number of fused-ring (bicyclic) bond motifs is 1. The first-order valence-corrected chi connectivity index (χ1v) is 10.7. The van der Waals surface area contributed by atoms with Crippen molar-refractivity contribution in [1.29, 1.82) is 0 Å². The van der Waals surface area contributed by atoms with Crippen LogP contribution in [0, 0.1) is 12.8 Å². The molecule has 0 saturated heterocycles. The average Bonchev–Trinajstić information content (AvgIpc) is 3.18. The zero-order valence-electron chi connectivity index (χ0n) is 19.2. The Hall–Kier alpha value is -2.90. The highest BCUT2D eigenvalue weighted by Gasteiger charge is 2.29. The molecule has 1 aliphatic heterocycles. The molecule has 0 amide bonds. The smallest absolute Gasteiger partial charge is 0.337 e. The summed E-state index contributed by atoms with van der Waals surface area (Å²) in [6, 6.07) is 8.76. The second-order valence-electron chi connectivity index (χ2n) is 8.44. The third-order valence-electron chi connectivity index (χ3n) is 5.56. The molecule has 0 aromatic heterocycles. The largest absolute Gasteiger partial charge is 0.496 e. The maximum Gasteiger partial charge on any atom is 0.337 e. The fraction of sp³-hybridized carbons (Fsp3) is 0.440. The molecule has 172 valence electrons. The molecular weight excluding hydrogens is 410 g/mol. The van der Waals surface area contributed by atoms with Crippen LogP contribution in [-0.4, -0.2) is 48.8 Å². The van der Waals surface area contributed by atoms with Crippen LogP contribution < -0.4 is 9.47 Å². The van der Waals surface area contributed by atoms with Crippen molar-refractivity contribution in [2.24, 2.45) is 10.9 Å². The average molecular weight is 442 g/mol. The second-order valence-corrected chi connectivity index (χ2v) is 8.44. The van der Waals surface area contributed by atoms with Crippen molar-refractivity contribution in [3.63, 3.8) is 0 Å². The molecule has 0 saturated carbocycles. The van der Waals surface area contributed by atoms with Gasteiger partial charge in [0.15, 0.2) is 0 Å². The van der Waals surface area contributed by atoms with Gasteiger partial charge in [0.1, 0.15) is 17.6 Å². The number of hydrogen-bond acceptors (Lipinski definition) is 6. The van der Waals surface area contributed by atoms with Crippen molar-refractivity contribution in [2.75, 3.05) is 20.8 Å². The molecule has 1 heterocycles. The lowest BCUT2D eigenvalue weighted by molar-refractivity contribution is -0.0437.